The molecule has 1 fully saturated rings. The van der Waals surface area contributed by atoms with Gasteiger partial charge in [-0.2, -0.15) is 0 Å². The third kappa shape index (κ3) is 2.84. The lowest BCUT2D eigenvalue weighted by Crippen LogP contribution is -2.40. The molecule has 90 valence electrons. The zero-order valence-electron chi connectivity index (χ0n) is 10.1. The van der Waals surface area contributed by atoms with Crippen LogP contribution in [-0.2, 0) is 11.2 Å². The first-order valence-corrected chi connectivity index (χ1v) is 7.06. The fraction of sp³-hybridized carbons (Fsp3) is 0.692. The summed E-state index contributed by atoms with van der Waals surface area (Å²) in [6.45, 7) is 6.36. The minimum absolute atomic E-state index is 0.406. The highest BCUT2D eigenvalue weighted by Crippen LogP contribution is 2.26. The Morgan fingerprint density at radius 2 is 2.50 bits per heavy atom. The van der Waals surface area contributed by atoms with Crippen LogP contribution < -0.4 is 5.32 Å². The Bertz CT molecular complexity index is 299. The van der Waals surface area contributed by atoms with E-state index in [0.29, 0.717) is 18.1 Å². The maximum Gasteiger partial charge on any atom is 0.0590 e. The van der Waals surface area contributed by atoms with E-state index in [1.165, 1.54) is 11.3 Å². The van der Waals surface area contributed by atoms with Gasteiger partial charge in [-0.15, -0.1) is 11.3 Å². The smallest absolute Gasteiger partial charge is 0.0590 e. The monoisotopic (exact) mass is 239 g/mol. The molecule has 0 spiro atoms. The summed E-state index contributed by atoms with van der Waals surface area (Å²) in [6, 6.07) is 4.94. The predicted molar refractivity (Wildman–Crippen MR) is 69.0 cm³/mol. The first-order valence-electron chi connectivity index (χ1n) is 6.18. The van der Waals surface area contributed by atoms with Gasteiger partial charge < -0.3 is 10.1 Å². The van der Waals surface area contributed by atoms with Crippen molar-refractivity contribution in [1.29, 1.82) is 0 Å². The van der Waals surface area contributed by atoms with Gasteiger partial charge in [0.2, 0.25) is 0 Å². The summed E-state index contributed by atoms with van der Waals surface area (Å²) in [4.78, 5) is 1.48. The van der Waals surface area contributed by atoms with Gasteiger partial charge in [0.15, 0.2) is 0 Å². The van der Waals surface area contributed by atoms with E-state index in [9.17, 15) is 0 Å². The second-order valence-electron chi connectivity index (χ2n) is 4.48. The van der Waals surface area contributed by atoms with Crippen LogP contribution >= 0.6 is 11.3 Å². The molecule has 1 aliphatic rings. The van der Waals surface area contributed by atoms with Crippen LogP contribution in [0.5, 0.6) is 0 Å². The molecule has 2 heterocycles. The topological polar surface area (TPSA) is 21.3 Å². The van der Waals surface area contributed by atoms with Crippen LogP contribution in [0.4, 0.5) is 0 Å². The van der Waals surface area contributed by atoms with E-state index in [0.717, 1.165) is 19.6 Å². The summed E-state index contributed by atoms with van der Waals surface area (Å²) < 4.78 is 5.68. The number of hydrogen-bond donors (Lipinski definition) is 1. The molecule has 16 heavy (non-hydrogen) atoms. The summed E-state index contributed by atoms with van der Waals surface area (Å²) in [6.07, 6.45) is 2.75. The lowest BCUT2D eigenvalue weighted by molar-refractivity contribution is 0.0957. The molecule has 1 aromatic rings. The molecule has 2 rings (SSSR count). The van der Waals surface area contributed by atoms with E-state index in [4.69, 9.17) is 4.74 Å². The summed E-state index contributed by atoms with van der Waals surface area (Å²) in [5, 5.41) is 5.78. The Morgan fingerprint density at radius 1 is 1.62 bits per heavy atom. The summed E-state index contributed by atoms with van der Waals surface area (Å²) in [7, 11) is 0. The van der Waals surface area contributed by atoms with Crippen molar-refractivity contribution in [1.82, 2.24) is 5.32 Å². The van der Waals surface area contributed by atoms with Gasteiger partial charge in [-0.25, -0.2) is 0 Å². The number of thiophene rings is 1. The average Bonchev–Trinajstić information content (AvgIpc) is 2.88. The van der Waals surface area contributed by atoms with Crippen molar-refractivity contribution in [2.45, 2.75) is 38.8 Å². The Kier molecular flexibility index (Phi) is 4.38. The van der Waals surface area contributed by atoms with Crippen LogP contribution in [0.3, 0.4) is 0 Å². The maximum absolute atomic E-state index is 5.68. The Morgan fingerprint density at radius 3 is 3.06 bits per heavy atom. The Balaban J connectivity index is 1.99. The second-order valence-corrected chi connectivity index (χ2v) is 5.51. The maximum atomic E-state index is 5.68. The van der Waals surface area contributed by atoms with Crippen LogP contribution in [0.25, 0.3) is 0 Å². The highest BCUT2D eigenvalue weighted by molar-refractivity contribution is 7.09. The van der Waals surface area contributed by atoms with E-state index in [1.807, 2.05) is 11.3 Å². The fourth-order valence-corrected chi connectivity index (χ4v) is 3.32. The number of ether oxygens (including phenoxy) is 1. The largest absolute Gasteiger partial charge is 0.378 e. The van der Waals surface area contributed by atoms with Gasteiger partial charge >= 0.3 is 0 Å². The van der Waals surface area contributed by atoms with Crippen molar-refractivity contribution in [3.05, 3.63) is 22.4 Å². The first-order chi connectivity index (χ1) is 7.81. The van der Waals surface area contributed by atoms with E-state index in [-0.39, 0.29) is 0 Å². The fourth-order valence-electron chi connectivity index (χ4n) is 2.56. The van der Waals surface area contributed by atoms with Gasteiger partial charge in [0.05, 0.1) is 6.10 Å². The third-order valence-corrected chi connectivity index (χ3v) is 4.32. The molecule has 0 aliphatic carbocycles. The molecule has 0 aromatic carbocycles. The zero-order valence-corrected chi connectivity index (χ0v) is 10.9. The van der Waals surface area contributed by atoms with E-state index < -0.39 is 0 Å². The molecule has 0 saturated carbocycles. The van der Waals surface area contributed by atoms with E-state index in [2.05, 4.69) is 36.7 Å². The van der Waals surface area contributed by atoms with Crippen LogP contribution in [0, 0.1) is 5.92 Å². The highest BCUT2D eigenvalue weighted by atomic mass is 32.1. The minimum atomic E-state index is 0.406. The molecule has 1 saturated heterocycles. The summed E-state index contributed by atoms with van der Waals surface area (Å²) >= 11 is 1.86. The van der Waals surface area contributed by atoms with E-state index >= 15 is 0 Å². The Hall–Kier alpha value is -0.380. The second kappa shape index (κ2) is 5.80. The number of hydrogen-bond acceptors (Lipinski definition) is 3. The quantitative estimate of drug-likeness (QED) is 0.853. The molecule has 3 unspecified atom stereocenters. The molecule has 0 bridgehead atoms. The standard InChI is InChI=1S/C13H21NOS/c1-3-14-13(9-11-5-4-8-16-11)12-6-7-15-10(12)2/h4-5,8,10,12-14H,3,6-7,9H2,1-2H3. The molecular formula is C13H21NOS. The lowest BCUT2D eigenvalue weighted by atomic mass is 9.91. The molecular weight excluding hydrogens is 218 g/mol. The molecule has 0 radical (unpaired) electrons. The van der Waals surface area contributed by atoms with Gasteiger partial charge in [-0.3, -0.25) is 0 Å². The molecule has 1 aliphatic heterocycles. The SMILES string of the molecule is CCNC(Cc1cccs1)C1CCOC1C. The Labute approximate surface area is 102 Å². The number of rotatable bonds is 5. The normalized spacial score (nSPS) is 27.1. The molecule has 2 nitrogen and oxygen atoms in total. The van der Waals surface area contributed by atoms with Crippen LogP contribution in [0.2, 0.25) is 0 Å². The van der Waals surface area contributed by atoms with Crippen molar-refractivity contribution in [2.75, 3.05) is 13.2 Å². The van der Waals surface area contributed by atoms with Gasteiger partial charge in [-0.1, -0.05) is 13.0 Å². The minimum Gasteiger partial charge on any atom is -0.378 e. The van der Waals surface area contributed by atoms with Crippen LogP contribution in [0.15, 0.2) is 17.5 Å². The van der Waals surface area contributed by atoms with Crippen molar-refractivity contribution in [3.8, 4) is 0 Å². The van der Waals surface area contributed by atoms with Crippen molar-refractivity contribution in [3.63, 3.8) is 0 Å². The van der Waals surface area contributed by atoms with Crippen molar-refractivity contribution in [2.24, 2.45) is 5.92 Å². The zero-order chi connectivity index (χ0) is 11.4. The summed E-state index contributed by atoms with van der Waals surface area (Å²) in [5.41, 5.74) is 0. The molecule has 0 amide bonds. The summed E-state index contributed by atoms with van der Waals surface area (Å²) in [5.74, 6) is 0.669. The van der Waals surface area contributed by atoms with Gasteiger partial charge in [0.1, 0.15) is 0 Å². The van der Waals surface area contributed by atoms with Gasteiger partial charge in [0, 0.05) is 23.4 Å². The predicted octanol–water partition coefficient (Wildman–Crippen LogP) is 2.69. The van der Waals surface area contributed by atoms with Crippen LogP contribution in [-0.4, -0.2) is 25.3 Å². The molecule has 3 heteroatoms. The number of nitrogens with one attached hydrogen (secondary N) is 1. The molecule has 1 N–H and O–H groups in total. The van der Waals surface area contributed by atoms with Crippen LogP contribution in [0.1, 0.15) is 25.1 Å². The average molecular weight is 239 g/mol. The lowest BCUT2D eigenvalue weighted by Gasteiger charge is -2.26. The molecule has 1 aromatic heterocycles. The number of likely N-dealkylation sites (N-methyl/N-ethyl adjacent to an activating group) is 1. The van der Waals surface area contributed by atoms with E-state index in [1.54, 1.807) is 0 Å². The van der Waals surface area contributed by atoms with Crippen molar-refractivity contribution >= 4 is 11.3 Å². The van der Waals surface area contributed by atoms with Gasteiger partial charge in [0.25, 0.3) is 0 Å². The molecule has 3 atom stereocenters. The van der Waals surface area contributed by atoms with Gasteiger partial charge in [-0.05, 0) is 37.8 Å². The van der Waals surface area contributed by atoms with Crippen molar-refractivity contribution < 1.29 is 4.74 Å². The highest BCUT2D eigenvalue weighted by Gasteiger charge is 2.31. The first kappa shape index (κ1) is 12.1. The third-order valence-electron chi connectivity index (χ3n) is 3.42.